The highest BCUT2D eigenvalue weighted by molar-refractivity contribution is 5.87. The van der Waals surface area contributed by atoms with Crippen LogP contribution in [0.25, 0.3) is 10.9 Å². The number of hydrogen-bond donors (Lipinski definition) is 0. The summed E-state index contributed by atoms with van der Waals surface area (Å²) in [6.07, 6.45) is 0.986. The normalized spacial score (nSPS) is 15.3. The van der Waals surface area contributed by atoms with Crippen LogP contribution in [-0.4, -0.2) is 35.6 Å². The minimum absolute atomic E-state index is 0.157. The average molecular weight is 272 g/mol. The summed E-state index contributed by atoms with van der Waals surface area (Å²) >= 11 is 0. The Morgan fingerprint density at radius 3 is 2.95 bits per heavy atom. The van der Waals surface area contributed by atoms with E-state index in [0.717, 1.165) is 25.0 Å². The maximum atomic E-state index is 11.9. The molecule has 0 unspecified atom stereocenters. The van der Waals surface area contributed by atoms with E-state index in [0.29, 0.717) is 13.2 Å². The van der Waals surface area contributed by atoms with Gasteiger partial charge in [0.2, 0.25) is 0 Å². The maximum Gasteiger partial charge on any atom is 0.325 e. The fraction of sp³-hybridized carbons (Fsp3) is 0.438. The second kappa shape index (κ2) is 5.29. The Balaban J connectivity index is 2.09. The van der Waals surface area contributed by atoms with Gasteiger partial charge in [-0.3, -0.25) is 4.79 Å². The number of ether oxygens (including phenoxy) is 1. The molecule has 0 saturated heterocycles. The Morgan fingerprint density at radius 2 is 2.15 bits per heavy atom. The van der Waals surface area contributed by atoms with Crippen LogP contribution in [0.15, 0.2) is 24.3 Å². The second-order valence-corrected chi connectivity index (χ2v) is 5.32. The highest BCUT2D eigenvalue weighted by Gasteiger charge is 2.23. The Kier molecular flexibility index (Phi) is 3.49. The van der Waals surface area contributed by atoms with E-state index in [1.807, 2.05) is 13.0 Å². The van der Waals surface area contributed by atoms with Crippen LogP contribution in [0.2, 0.25) is 0 Å². The van der Waals surface area contributed by atoms with E-state index in [9.17, 15) is 4.79 Å². The summed E-state index contributed by atoms with van der Waals surface area (Å²) in [5.74, 6) is -0.157. The number of hydrogen-bond acceptors (Lipinski definition) is 3. The number of esters is 1. The molecule has 1 aliphatic heterocycles. The summed E-state index contributed by atoms with van der Waals surface area (Å²) in [6, 6.07) is 8.33. The Labute approximate surface area is 118 Å². The molecule has 20 heavy (non-hydrogen) atoms. The number of benzene rings is 1. The third kappa shape index (κ3) is 2.20. The van der Waals surface area contributed by atoms with Gasteiger partial charge in [-0.05, 0) is 25.6 Å². The first-order valence-electron chi connectivity index (χ1n) is 7.14. The minimum Gasteiger partial charge on any atom is -0.465 e. The molecule has 0 radical (unpaired) electrons. The number of aromatic nitrogens is 1. The zero-order chi connectivity index (χ0) is 14.1. The molecule has 106 valence electrons. The highest BCUT2D eigenvalue weighted by atomic mass is 16.5. The van der Waals surface area contributed by atoms with Crippen LogP contribution in [0, 0.1) is 0 Å². The first-order valence-corrected chi connectivity index (χ1v) is 7.14. The van der Waals surface area contributed by atoms with Crippen molar-refractivity contribution in [2.75, 3.05) is 20.2 Å². The first kappa shape index (κ1) is 13.2. The lowest BCUT2D eigenvalue weighted by atomic mass is 10.1. The van der Waals surface area contributed by atoms with Gasteiger partial charge in [-0.25, -0.2) is 0 Å². The van der Waals surface area contributed by atoms with Crippen LogP contribution >= 0.6 is 0 Å². The minimum atomic E-state index is -0.157. The van der Waals surface area contributed by atoms with Crippen LogP contribution in [0.3, 0.4) is 0 Å². The highest BCUT2D eigenvalue weighted by Crippen LogP contribution is 2.30. The molecule has 0 aliphatic carbocycles. The third-order valence-electron chi connectivity index (χ3n) is 3.95. The average Bonchev–Trinajstić information content (AvgIpc) is 2.74. The van der Waals surface area contributed by atoms with Gasteiger partial charge in [0.05, 0.1) is 6.61 Å². The summed E-state index contributed by atoms with van der Waals surface area (Å²) in [7, 11) is 2.14. The van der Waals surface area contributed by atoms with Gasteiger partial charge in [0.1, 0.15) is 6.54 Å². The number of para-hydroxylation sites is 1. The molecule has 1 aliphatic rings. The van der Waals surface area contributed by atoms with Crippen molar-refractivity contribution in [3.8, 4) is 0 Å². The van der Waals surface area contributed by atoms with Crippen molar-refractivity contribution in [2.45, 2.75) is 26.4 Å². The Morgan fingerprint density at radius 1 is 1.35 bits per heavy atom. The molecule has 4 heteroatoms. The molecule has 1 aromatic carbocycles. The summed E-state index contributed by atoms with van der Waals surface area (Å²) in [5, 5.41) is 1.26. The van der Waals surface area contributed by atoms with Gasteiger partial charge in [0, 0.05) is 36.1 Å². The van der Waals surface area contributed by atoms with E-state index < -0.39 is 0 Å². The van der Waals surface area contributed by atoms with Crippen molar-refractivity contribution in [3.63, 3.8) is 0 Å². The molecule has 4 nitrogen and oxygen atoms in total. The predicted molar refractivity (Wildman–Crippen MR) is 78.6 cm³/mol. The lowest BCUT2D eigenvalue weighted by Gasteiger charge is -2.24. The molecule has 0 fully saturated rings. The van der Waals surface area contributed by atoms with E-state index >= 15 is 0 Å². The summed E-state index contributed by atoms with van der Waals surface area (Å²) in [6.45, 7) is 4.57. The Bertz CT molecular complexity index is 645. The molecular formula is C16H20N2O2. The molecule has 2 heterocycles. The van der Waals surface area contributed by atoms with E-state index in [1.165, 1.54) is 16.6 Å². The van der Waals surface area contributed by atoms with Crippen molar-refractivity contribution in [3.05, 3.63) is 35.5 Å². The number of nitrogens with zero attached hydrogens (tertiary/aromatic N) is 2. The molecule has 0 spiro atoms. The molecule has 2 aromatic rings. The van der Waals surface area contributed by atoms with E-state index in [2.05, 4.69) is 34.7 Å². The van der Waals surface area contributed by atoms with E-state index in [4.69, 9.17) is 4.74 Å². The fourth-order valence-electron chi connectivity index (χ4n) is 3.05. The van der Waals surface area contributed by atoms with Crippen LogP contribution in [-0.2, 0) is 29.0 Å². The molecule has 0 amide bonds. The maximum absolute atomic E-state index is 11.9. The summed E-state index contributed by atoms with van der Waals surface area (Å²) < 4.78 is 7.24. The molecule has 0 atom stereocenters. The lowest BCUT2D eigenvalue weighted by molar-refractivity contribution is -0.143. The van der Waals surface area contributed by atoms with Crippen LogP contribution in [0.1, 0.15) is 18.2 Å². The quantitative estimate of drug-likeness (QED) is 0.803. The molecule has 0 N–H and O–H groups in total. The molecular weight excluding hydrogens is 252 g/mol. The summed E-state index contributed by atoms with van der Waals surface area (Å²) in [4.78, 5) is 14.2. The van der Waals surface area contributed by atoms with Gasteiger partial charge in [-0.1, -0.05) is 18.2 Å². The number of fused-ring (bicyclic) bond motifs is 3. The topological polar surface area (TPSA) is 34.5 Å². The van der Waals surface area contributed by atoms with Crippen LogP contribution < -0.4 is 0 Å². The second-order valence-electron chi connectivity index (χ2n) is 5.32. The van der Waals surface area contributed by atoms with Crippen molar-refractivity contribution < 1.29 is 9.53 Å². The zero-order valence-electron chi connectivity index (χ0n) is 12.1. The van der Waals surface area contributed by atoms with E-state index in [1.54, 1.807) is 0 Å². The number of likely N-dealkylation sites (N-methyl/N-ethyl adjacent to an activating group) is 1. The molecule has 0 saturated carbocycles. The van der Waals surface area contributed by atoms with Crippen molar-refractivity contribution in [2.24, 2.45) is 0 Å². The monoisotopic (exact) mass is 272 g/mol. The summed E-state index contributed by atoms with van der Waals surface area (Å²) in [5.41, 5.74) is 3.79. The van der Waals surface area contributed by atoms with E-state index in [-0.39, 0.29) is 5.97 Å². The van der Waals surface area contributed by atoms with Gasteiger partial charge in [0.15, 0.2) is 0 Å². The Hall–Kier alpha value is -1.81. The van der Waals surface area contributed by atoms with Crippen LogP contribution in [0.5, 0.6) is 0 Å². The zero-order valence-corrected chi connectivity index (χ0v) is 12.1. The lowest BCUT2D eigenvalue weighted by Crippen LogP contribution is -2.28. The first-order chi connectivity index (χ1) is 9.70. The number of carbonyl (C=O) groups is 1. The standard InChI is InChI=1S/C16H20N2O2/c1-3-20-16(19)11-18-14-7-5-4-6-12(14)13-10-17(2)9-8-15(13)18/h4-7H,3,8-11H2,1-2H3. The SMILES string of the molecule is CCOC(=O)Cn1c2c(c3ccccc31)CN(C)CC2. The van der Waals surface area contributed by atoms with Crippen molar-refractivity contribution >= 4 is 16.9 Å². The van der Waals surface area contributed by atoms with Crippen molar-refractivity contribution in [1.82, 2.24) is 9.47 Å². The number of carbonyl (C=O) groups excluding carboxylic acids is 1. The van der Waals surface area contributed by atoms with Crippen LogP contribution in [0.4, 0.5) is 0 Å². The predicted octanol–water partition coefficient (Wildman–Crippen LogP) is 2.19. The van der Waals surface area contributed by atoms with Gasteiger partial charge < -0.3 is 14.2 Å². The smallest absolute Gasteiger partial charge is 0.325 e. The van der Waals surface area contributed by atoms with Crippen molar-refractivity contribution in [1.29, 1.82) is 0 Å². The van der Waals surface area contributed by atoms with Gasteiger partial charge in [-0.15, -0.1) is 0 Å². The third-order valence-corrected chi connectivity index (χ3v) is 3.95. The largest absolute Gasteiger partial charge is 0.465 e. The van der Waals surface area contributed by atoms with Gasteiger partial charge in [-0.2, -0.15) is 0 Å². The fourth-order valence-corrected chi connectivity index (χ4v) is 3.05. The number of rotatable bonds is 3. The molecule has 3 rings (SSSR count). The molecule has 0 bridgehead atoms. The van der Waals surface area contributed by atoms with Gasteiger partial charge >= 0.3 is 5.97 Å². The molecule has 1 aromatic heterocycles. The van der Waals surface area contributed by atoms with Gasteiger partial charge in [0.25, 0.3) is 0 Å².